The lowest BCUT2D eigenvalue weighted by atomic mass is 9.97. The van der Waals surface area contributed by atoms with Gasteiger partial charge >= 0.3 is 0 Å². The standard InChI is InChI=1S/C21H29NO4/c1-4-5-11-17(23)21(22)16-12-19(24-2)20(25-3)13-18(16)26-14-15-9-7-6-8-10-15/h6-10,12-13,17,21,23H,4-5,11,14,22H2,1-3H3/t17-,21+/m1/s1. The summed E-state index contributed by atoms with van der Waals surface area (Å²) in [5.41, 5.74) is 8.10. The molecule has 0 amide bonds. The predicted molar refractivity (Wildman–Crippen MR) is 103 cm³/mol. The van der Waals surface area contributed by atoms with E-state index in [1.807, 2.05) is 30.3 Å². The number of ether oxygens (including phenoxy) is 3. The van der Waals surface area contributed by atoms with Crippen LogP contribution in [0, 0.1) is 0 Å². The number of hydrogen-bond acceptors (Lipinski definition) is 5. The normalized spacial score (nSPS) is 13.1. The number of hydrogen-bond donors (Lipinski definition) is 2. The molecule has 142 valence electrons. The SMILES string of the molecule is CCCC[C@@H](O)[C@@H](N)c1cc(OC)c(OC)cc1OCc1ccccc1. The van der Waals surface area contributed by atoms with Crippen molar-refractivity contribution < 1.29 is 19.3 Å². The van der Waals surface area contributed by atoms with Crippen molar-refractivity contribution in [2.45, 2.75) is 44.9 Å². The third-order valence-electron chi connectivity index (χ3n) is 4.38. The Balaban J connectivity index is 2.30. The van der Waals surface area contributed by atoms with E-state index >= 15 is 0 Å². The molecule has 26 heavy (non-hydrogen) atoms. The molecule has 0 bridgehead atoms. The Labute approximate surface area is 155 Å². The molecule has 0 heterocycles. The molecule has 5 heteroatoms. The van der Waals surface area contributed by atoms with Gasteiger partial charge in [0.05, 0.1) is 26.4 Å². The lowest BCUT2D eigenvalue weighted by Gasteiger charge is -2.23. The van der Waals surface area contributed by atoms with Crippen LogP contribution >= 0.6 is 0 Å². The summed E-state index contributed by atoms with van der Waals surface area (Å²) < 4.78 is 16.8. The molecule has 2 atom stereocenters. The molecule has 0 aliphatic carbocycles. The van der Waals surface area contributed by atoms with Crippen LogP contribution in [0.2, 0.25) is 0 Å². The van der Waals surface area contributed by atoms with E-state index < -0.39 is 12.1 Å². The zero-order valence-corrected chi connectivity index (χ0v) is 15.8. The summed E-state index contributed by atoms with van der Waals surface area (Å²) in [6.45, 7) is 2.49. The number of rotatable bonds is 10. The lowest BCUT2D eigenvalue weighted by Crippen LogP contribution is -2.26. The van der Waals surface area contributed by atoms with Crippen LogP contribution in [0.15, 0.2) is 42.5 Å². The number of unbranched alkanes of at least 4 members (excludes halogenated alkanes) is 1. The Morgan fingerprint density at radius 2 is 1.65 bits per heavy atom. The fraction of sp³-hybridized carbons (Fsp3) is 0.429. The molecule has 0 saturated carbocycles. The van der Waals surface area contributed by atoms with Gasteiger partial charge in [-0.2, -0.15) is 0 Å². The van der Waals surface area contributed by atoms with Crippen LogP contribution in [-0.4, -0.2) is 25.4 Å². The van der Waals surface area contributed by atoms with Crippen LogP contribution in [0.5, 0.6) is 17.2 Å². The molecular weight excluding hydrogens is 330 g/mol. The van der Waals surface area contributed by atoms with Gasteiger partial charge in [0.25, 0.3) is 0 Å². The summed E-state index contributed by atoms with van der Waals surface area (Å²) in [5, 5.41) is 10.4. The summed E-state index contributed by atoms with van der Waals surface area (Å²) in [4.78, 5) is 0. The van der Waals surface area contributed by atoms with E-state index in [9.17, 15) is 5.11 Å². The molecule has 0 radical (unpaired) electrons. The molecule has 3 N–H and O–H groups in total. The van der Waals surface area contributed by atoms with E-state index in [1.54, 1.807) is 26.4 Å². The summed E-state index contributed by atoms with van der Waals surface area (Å²) in [5.74, 6) is 1.72. The Bertz CT molecular complexity index is 675. The van der Waals surface area contributed by atoms with Gasteiger partial charge in [-0.05, 0) is 18.1 Å². The minimum absolute atomic E-state index is 0.404. The summed E-state index contributed by atoms with van der Waals surface area (Å²) >= 11 is 0. The summed E-state index contributed by atoms with van der Waals surface area (Å²) in [7, 11) is 3.15. The minimum atomic E-state index is -0.646. The highest BCUT2D eigenvalue weighted by Crippen LogP contribution is 2.38. The first-order chi connectivity index (χ1) is 12.6. The van der Waals surface area contributed by atoms with Crippen molar-refractivity contribution in [1.29, 1.82) is 0 Å². The van der Waals surface area contributed by atoms with Gasteiger partial charge in [0.2, 0.25) is 0 Å². The van der Waals surface area contributed by atoms with E-state index in [1.165, 1.54) is 0 Å². The quantitative estimate of drug-likeness (QED) is 0.674. The first-order valence-corrected chi connectivity index (χ1v) is 8.97. The second-order valence-electron chi connectivity index (χ2n) is 6.25. The monoisotopic (exact) mass is 359 g/mol. The van der Waals surface area contributed by atoms with Crippen LogP contribution in [0.25, 0.3) is 0 Å². The highest BCUT2D eigenvalue weighted by molar-refractivity contribution is 5.52. The zero-order chi connectivity index (χ0) is 18.9. The Kier molecular flexibility index (Phi) is 7.75. The maximum Gasteiger partial charge on any atom is 0.164 e. The van der Waals surface area contributed by atoms with Crippen molar-refractivity contribution in [3.05, 3.63) is 53.6 Å². The van der Waals surface area contributed by atoms with Crippen LogP contribution < -0.4 is 19.9 Å². The van der Waals surface area contributed by atoms with Gasteiger partial charge in [-0.15, -0.1) is 0 Å². The Hall–Kier alpha value is -2.24. The van der Waals surface area contributed by atoms with E-state index in [0.717, 1.165) is 18.4 Å². The molecule has 0 unspecified atom stereocenters. The topological polar surface area (TPSA) is 73.9 Å². The molecule has 2 aromatic carbocycles. The average Bonchev–Trinajstić information content (AvgIpc) is 2.69. The second kappa shape index (κ2) is 10.0. The van der Waals surface area contributed by atoms with Crippen molar-refractivity contribution >= 4 is 0 Å². The Morgan fingerprint density at radius 1 is 1.00 bits per heavy atom. The molecule has 0 saturated heterocycles. The van der Waals surface area contributed by atoms with Gasteiger partial charge in [-0.25, -0.2) is 0 Å². The number of nitrogens with two attached hydrogens (primary N) is 1. The van der Waals surface area contributed by atoms with Crippen molar-refractivity contribution in [1.82, 2.24) is 0 Å². The van der Waals surface area contributed by atoms with Crippen molar-refractivity contribution in [3.63, 3.8) is 0 Å². The molecule has 0 aliphatic heterocycles. The lowest BCUT2D eigenvalue weighted by molar-refractivity contribution is 0.130. The third-order valence-corrected chi connectivity index (χ3v) is 4.38. The van der Waals surface area contributed by atoms with Crippen LogP contribution in [0.3, 0.4) is 0 Å². The minimum Gasteiger partial charge on any atom is -0.493 e. The van der Waals surface area contributed by atoms with E-state index in [4.69, 9.17) is 19.9 Å². The van der Waals surface area contributed by atoms with Gasteiger partial charge < -0.3 is 25.1 Å². The third kappa shape index (κ3) is 5.13. The fourth-order valence-corrected chi connectivity index (χ4v) is 2.80. The van der Waals surface area contributed by atoms with E-state index in [2.05, 4.69) is 6.92 Å². The Morgan fingerprint density at radius 3 is 2.27 bits per heavy atom. The van der Waals surface area contributed by atoms with Gasteiger partial charge in [0, 0.05) is 11.6 Å². The smallest absolute Gasteiger partial charge is 0.164 e. The average molecular weight is 359 g/mol. The van der Waals surface area contributed by atoms with Crippen LogP contribution in [0.1, 0.15) is 43.4 Å². The maximum absolute atomic E-state index is 10.4. The van der Waals surface area contributed by atoms with E-state index in [0.29, 0.717) is 35.8 Å². The van der Waals surface area contributed by atoms with Crippen LogP contribution in [-0.2, 0) is 6.61 Å². The van der Waals surface area contributed by atoms with Crippen molar-refractivity contribution in [3.8, 4) is 17.2 Å². The summed E-state index contributed by atoms with van der Waals surface area (Å²) in [6, 6.07) is 12.9. The molecule has 0 aliphatic rings. The molecule has 2 aromatic rings. The van der Waals surface area contributed by atoms with Gasteiger partial charge in [0.15, 0.2) is 11.5 Å². The number of aliphatic hydroxyl groups excluding tert-OH is 1. The number of benzene rings is 2. The van der Waals surface area contributed by atoms with Crippen LogP contribution in [0.4, 0.5) is 0 Å². The highest BCUT2D eigenvalue weighted by atomic mass is 16.5. The first kappa shape index (κ1) is 20.1. The number of aliphatic hydroxyl groups is 1. The molecule has 0 spiro atoms. The van der Waals surface area contributed by atoms with Gasteiger partial charge in [0.1, 0.15) is 12.4 Å². The predicted octanol–water partition coefficient (Wildman–Crippen LogP) is 3.83. The first-order valence-electron chi connectivity index (χ1n) is 8.97. The van der Waals surface area contributed by atoms with Gasteiger partial charge in [-0.3, -0.25) is 0 Å². The highest BCUT2D eigenvalue weighted by Gasteiger charge is 2.23. The number of methoxy groups -OCH3 is 2. The fourth-order valence-electron chi connectivity index (χ4n) is 2.80. The molecular formula is C21H29NO4. The van der Waals surface area contributed by atoms with Crippen molar-refractivity contribution in [2.24, 2.45) is 5.73 Å². The molecule has 0 aromatic heterocycles. The summed E-state index contributed by atoms with van der Waals surface area (Å²) in [6.07, 6.45) is 1.92. The maximum atomic E-state index is 10.4. The molecule has 5 nitrogen and oxygen atoms in total. The van der Waals surface area contributed by atoms with E-state index in [-0.39, 0.29) is 0 Å². The molecule has 0 fully saturated rings. The largest absolute Gasteiger partial charge is 0.493 e. The second-order valence-corrected chi connectivity index (χ2v) is 6.25. The zero-order valence-electron chi connectivity index (χ0n) is 15.8. The molecule has 2 rings (SSSR count). The van der Waals surface area contributed by atoms with Crippen molar-refractivity contribution in [2.75, 3.05) is 14.2 Å². The van der Waals surface area contributed by atoms with Gasteiger partial charge in [-0.1, -0.05) is 50.1 Å².